The second-order valence-electron chi connectivity index (χ2n) is 4.77. The summed E-state index contributed by atoms with van der Waals surface area (Å²) in [5.74, 6) is 1.59. The molecule has 114 valence electrons. The number of nitrogens with one attached hydrogen (secondary N) is 1. The molecule has 1 N–H and O–H groups in total. The predicted molar refractivity (Wildman–Crippen MR) is 80.3 cm³/mol. The van der Waals surface area contributed by atoms with E-state index in [1.54, 1.807) is 14.2 Å². The number of rotatable bonds is 8. The summed E-state index contributed by atoms with van der Waals surface area (Å²) in [4.78, 5) is 0. The van der Waals surface area contributed by atoms with Gasteiger partial charge in [0.2, 0.25) is 0 Å². The van der Waals surface area contributed by atoms with Crippen molar-refractivity contribution in [2.75, 3.05) is 32.8 Å². The highest BCUT2D eigenvalue weighted by molar-refractivity contribution is 7.90. The summed E-state index contributed by atoms with van der Waals surface area (Å²) in [7, 11) is 0.322. The van der Waals surface area contributed by atoms with Crippen molar-refractivity contribution in [3.05, 3.63) is 23.8 Å². The Morgan fingerprint density at radius 1 is 1.20 bits per heavy atom. The van der Waals surface area contributed by atoms with Gasteiger partial charge >= 0.3 is 0 Å². The van der Waals surface area contributed by atoms with Gasteiger partial charge in [-0.25, -0.2) is 8.42 Å². The Morgan fingerprint density at radius 2 is 1.85 bits per heavy atom. The minimum Gasteiger partial charge on any atom is -0.493 e. The van der Waals surface area contributed by atoms with Gasteiger partial charge in [-0.3, -0.25) is 0 Å². The third-order valence-corrected chi connectivity index (χ3v) is 4.08. The van der Waals surface area contributed by atoms with Crippen LogP contribution in [0.3, 0.4) is 0 Å². The summed E-state index contributed by atoms with van der Waals surface area (Å²) in [5.41, 5.74) is 1.07. The lowest BCUT2D eigenvalue weighted by Crippen LogP contribution is -2.21. The zero-order valence-corrected chi connectivity index (χ0v) is 13.3. The van der Waals surface area contributed by atoms with Crippen molar-refractivity contribution >= 4 is 9.84 Å². The zero-order valence-electron chi connectivity index (χ0n) is 12.5. The number of ether oxygens (including phenoxy) is 2. The number of hydrogen-bond acceptors (Lipinski definition) is 5. The maximum Gasteiger partial charge on any atom is 0.161 e. The molecule has 0 aromatic heterocycles. The molecular formula is C14H23NO4S. The van der Waals surface area contributed by atoms with E-state index in [0.29, 0.717) is 24.5 Å². The summed E-state index contributed by atoms with van der Waals surface area (Å²) >= 11 is 0. The molecule has 5 nitrogen and oxygen atoms in total. The van der Waals surface area contributed by atoms with Crippen LogP contribution >= 0.6 is 0 Å². The van der Waals surface area contributed by atoms with Crippen LogP contribution in [-0.2, 0) is 9.84 Å². The molecule has 0 radical (unpaired) electrons. The molecule has 0 heterocycles. The Balaban J connectivity index is 2.57. The number of sulfone groups is 1. The van der Waals surface area contributed by atoms with Gasteiger partial charge < -0.3 is 14.8 Å². The molecule has 0 amide bonds. The fourth-order valence-corrected chi connectivity index (χ4v) is 2.56. The molecule has 1 rings (SSSR count). The van der Waals surface area contributed by atoms with Crippen LogP contribution in [0.5, 0.6) is 11.5 Å². The first-order chi connectivity index (χ1) is 9.37. The second kappa shape index (κ2) is 7.50. The van der Waals surface area contributed by atoms with Crippen molar-refractivity contribution in [3.8, 4) is 11.5 Å². The number of benzene rings is 1. The van der Waals surface area contributed by atoms with E-state index in [1.165, 1.54) is 6.26 Å². The predicted octanol–water partition coefficient (Wildman–Crippen LogP) is 1.79. The van der Waals surface area contributed by atoms with Crippen LogP contribution in [0.1, 0.15) is 24.9 Å². The average molecular weight is 301 g/mol. The maximum absolute atomic E-state index is 11.0. The minimum atomic E-state index is -2.88. The van der Waals surface area contributed by atoms with Crippen molar-refractivity contribution in [2.24, 2.45) is 0 Å². The van der Waals surface area contributed by atoms with E-state index in [0.717, 1.165) is 5.56 Å². The fraction of sp³-hybridized carbons (Fsp3) is 0.571. The standard InChI is InChI=1S/C14H23NO4S/c1-11(15-8-5-9-20(4,16)17)12-6-7-13(18-2)14(10-12)19-3/h6-7,10-11,15H,5,8-9H2,1-4H3. The summed E-state index contributed by atoms with van der Waals surface area (Å²) < 4.78 is 32.5. The Kier molecular flexibility index (Phi) is 6.29. The van der Waals surface area contributed by atoms with Gasteiger partial charge in [0, 0.05) is 12.3 Å². The van der Waals surface area contributed by atoms with E-state index in [2.05, 4.69) is 5.32 Å². The van der Waals surface area contributed by atoms with Crippen LogP contribution in [-0.4, -0.2) is 41.2 Å². The Bertz CT molecular complexity index is 528. The van der Waals surface area contributed by atoms with Gasteiger partial charge in [-0.1, -0.05) is 6.07 Å². The van der Waals surface area contributed by atoms with Gasteiger partial charge in [0.05, 0.1) is 20.0 Å². The molecule has 1 aromatic carbocycles. The van der Waals surface area contributed by atoms with Crippen molar-refractivity contribution in [3.63, 3.8) is 0 Å². The van der Waals surface area contributed by atoms with Crippen LogP contribution in [0.4, 0.5) is 0 Å². The van der Waals surface area contributed by atoms with Gasteiger partial charge in [-0.15, -0.1) is 0 Å². The van der Waals surface area contributed by atoms with E-state index in [1.807, 2.05) is 25.1 Å². The highest BCUT2D eigenvalue weighted by atomic mass is 32.2. The molecule has 20 heavy (non-hydrogen) atoms. The quantitative estimate of drug-likeness (QED) is 0.742. The maximum atomic E-state index is 11.0. The summed E-state index contributed by atoms with van der Waals surface area (Å²) in [6, 6.07) is 5.88. The van der Waals surface area contributed by atoms with Crippen molar-refractivity contribution in [1.82, 2.24) is 5.32 Å². The van der Waals surface area contributed by atoms with Crippen LogP contribution < -0.4 is 14.8 Å². The topological polar surface area (TPSA) is 64.6 Å². The van der Waals surface area contributed by atoms with Crippen LogP contribution in [0, 0.1) is 0 Å². The highest BCUT2D eigenvalue weighted by Gasteiger charge is 2.10. The third-order valence-electron chi connectivity index (χ3n) is 3.05. The molecule has 0 bridgehead atoms. The molecule has 0 aliphatic rings. The molecule has 1 aromatic rings. The molecule has 0 saturated heterocycles. The first-order valence-electron chi connectivity index (χ1n) is 6.50. The van der Waals surface area contributed by atoms with Crippen LogP contribution in [0.15, 0.2) is 18.2 Å². The zero-order chi connectivity index (χ0) is 15.2. The first-order valence-corrected chi connectivity index (χ1v) is 8.56. The van der Waals surface area contributed by atoms with E-state index in [-0.39, 0.29) is 11.8 Å². The molecule has 1 unspecified atom stereocenters. The first kappa shape index (κ1) is 16.8. The summed E-state index contributed by atoms with van der Waals surface area (Å²) in [5, 5.41) is 3.30. The second-order valence-corrected chi connectivity index (χ2v) is 7.03. The molecule has 6 heteroatoms. The molecule has 0 spiro atoms. The van der Waals surface area contributed by atoms with Gasteiger partial charge in [0.15, 0.2) is 11.5 Å². The van der Waals surface area contributed by atoms with Gasteiger partial charge in [0.25, 0.3) is 0 Å². The summed E-state index contributed by atoms with van der Waals surface area (Å²) in [6.45, 7) is 2.68. The lowest BCUT2D eigenvalue weighted by Gasteiger charge is -2.16. The van der Waals surface area contributed by atoms with Crippen LogP contribution in [0.2, 0.25) is 0 Å². The Hall–Kier alpha value is -1.27. The van der Waals surface area contributed by atoms with Gasteiger partial charge in [-0.2, -0.15) is 0 Å². The van der Waals surface area contributed by atoms with E-state index < -0.39 is 9.84 Å². The monoisotopic (exact) mass is 301 g/mol. The highest BCUT2D eigenvalue weighted by Crippen LogP contribution is 2.29. The Labute approximate surface area is 121 Å². The molecule has 0 aliphatic carbocycles. The number of methoxy groups -OCH3 is 2. The average Bonchev–Trinajstić information content (AvgIpc) is 2.41. The fourth-order valence-electron chi connectivity index (χ4n) is 1.89. The molecule has 0 fully saturated rings. The number of hydrogen-bond donors (Lipinski definition) is 1. The van der Waals surface area contributed by atoms with E-state index >= 15 is 0 Å². The van der Waals surface area contributed by atoms with Crippen LogP contribution in [0.25, 0.3) is 0 Å². The normalized spacial score (nSPS) is 13.0. The molecule has 0 saturated carbocycles. The van der Waals surface area contributed by atoms with Gasteiger partial charge in [-0.05, 0) is 37.6 Å². The van der Waals surface area contributed by atoms with E-state index in [9.17, 15) is 8.42 Å². The smallest absolute Gasteiger partial charge is 0.161 e. The van der Waals surface area contributed by atoms with Crippen molar-refractivity contribution in [2.45, 2.75) is 19.4 Å². The Morgan fingerprint density at radius 3 is 2.40 bits per heavy atom. The molecular weight excluding hydrogens is 278 g/mol. The largest absolute Gasteiger partial charge is 0.493 e. The minimum absolute atomic E-state index is 0.120. The lowest BCUT2D eigenvalue weighted by molar-refractivity contribution is 0.354. The lowest BCUT2D eigenvalue weighted by atomic mass is 10.1. The third kappa shape index (κ3) is 5.38. The summed E-state index contributed by atoms with van der Waals surface area (Å²) in [6.07, 6.45) is 1.86. The SMILES string of the molecule is COc1ccc(C(C)NCCCS(C)(=O)=O)cc1OC. The molecule has 1 atom stereocenters. The van der Waals surface area contributed by atoms with Crippen molar-refractivity contribution < 1.29 is 17.9 Å². The molecule has 0 aliphatic heterocycles. The van der Waals surface area contributed by atoms with Crippen molar-refractivity contribution in [1.29, 1.82) is 0 Å². The van der Waals surface area contributed by atoms with Gasteiger partial charge in [0.1, 0.15) is 9.84 Å². The van der Waals surface area contributed by atoms with E-state index in [4.69, 9.17) is 9.47 Å².